The molecule has 39 heavy (non-hydrogen) atoms. The molecule has 202 valence electrons. The molecule has 4 aromatic rings. The Morgan fingerprint density at radius 1 is 0.923 bits per heavy atom. The van der Waals surface area contributed by atoms with Gasteiger partial charge in [-0.05, 0) is 74.1 Å². The zero-order chi connectivity index (χ0) is 27.9. The quantitative estimate of drug-likeness (QED) is 0.269. The highest BCUT2D eigenvalue weighted by Crippen LogP contribution is 2.47. The molecule has 0 bridgehead atoms. The van der Waals surface area contributed by atoms with Gasteiger partial charge in [-0.2, -0.15) is 13.2 Å². The van der Waals surface area contributed by atoms with E-state index >= 15 is 0 Å². The number of methoxy groups -OCH3 is 2. The molecule has 0 amide bonds. The molecule has 2 aromatic heterocycles. The lowest BCUT2D eigenvalue weighted by Gasteiger charge is -2.29. The van der Waals surface area contributed by atoms with Crippen LogP contribution >= 0.6 is 12.2 Å². The molecule has 1 fully saturated rings. The Hall–Kier alpha value is -4.05. The van der Waals surface area contributed by atoms with Crippen LogP contribution in [0.25, 0.3) is 5.69 Å². The standard InChI is InChI=1S/C29H27F3N4O2S/c1-17-15-20(18(2)35(17)23-11-6-5-9-21(23)29(30,31)32)27-26(22-10-7-8-14-33-22)34-28(39)36(27)24-13-12-19(37-3)16-25(24)38-4/h5-16,26-27H,1-4H3,(H,34,39)/t26-,27+/m1/s1. The van der Waals surface area contributed by atoms with Gasteiger partial charge in [-0.1, -0.05) is 18.2 Å². The Bertz CT molecular complexity index is 1520. The van der Waals surface area contributed by atoms with Gasteiger partial charge in [0, 0.05) is 23.7 Å². The summed E-state index contributed by atoms with van der Waals surface area (Å²) in [4.78, 5) is 6.52. The maximum atomic E-state index is 14.0. The van der Waals surface area contributed by atoms with Gasteiger partial charge in [0.1, 0.15) is 11.5 Å². The number of nitrogens with zero attached hydrogens (tertiary/aromatic N) is 3. The van der Waals surface area contributed by atoms with Gasteiger partial charge in [0.25, 0.3) is 0 Å². The summed E-state index contributed by atoms with van der Waals surface area (Å²) in [6.07, 6.45) is -2.80. The van der Waals surface area contributed by atoms with Gasteiger partial charge < -0.3 is 24.3 Å². The maximum Gasteiger partial charge on any atom is 0.418 e. The van der Waals surface area contributed by atoms with Crippen LogP contribution in [0.5, 0.6) is 11.5 Å². The molecule has 0 aliphatic carbocycles. The zero-order valence-electron chi connectivity index (χ0n) is 21.8. The fourth-order valence-corrected chi connectivity index (χ4v) is 5.62. The number of pyridine rings is 1. The number of halogens is 3. The fourth-order valence-electron chi connectivity index (χ4n) is 5.28. The largest absolute Gasteiger partial charge is 0.497 e. The first-order valence-electron chi connectivity index (χ1n) is 12.2. The minimum Gasteiger partial charge on any atom is -0.497 e. The number of ether oxygens (including phenoxy) is 2. The smallest absolute Gasteiger partial charge is 0.418 e. The molecule has 2 atom stereocenters. The van der Waals surface area contributed by atoms with Crippen LogP contribution in [-0.2, 0) is 6.18 Å². The summed E-state index contributed by atoms with van der Waals surface area (Å²) in [6.45, 7) is 3.63. The summed E-state index contributed by atoms with van der Waals surface area (Å²) in [5, 5.41) is 3.84. The molecule has 10 heteroatoms. The Morgan fingerprint density at radius 3 is 2.33 bits per heavy atom. The monoisotopic (exact) mass is 552 g/mol. The van der Waals surface area contributed by atoms with E-state index in [0.29, 0.717) is 33.7 Å². The number of alkyl halides is 3. The highest BCUT2D eigenvalue weighted by Gasteiger charge is 2.43. The summed E-state index contributed by atoms with van der Waals surface area (Å²) in [7, 11) is 3.14. The molecule has 2 aromatic carbocycles. The van der Waals surface area contributed by atoms with Gasteiger partial charge in [0.15, 0.2) is 5.11 Å². The second-order valence-corrected chi connectivity index (χ2v) is 9.60. The summed E-state index contributed by atoms with van der Waals surface area (Å²) < 4.78 is 54.7. The highest BCUT2D eigenvalue weighted by atomic mass is 32.1. The topological polar surface area (TPSA) is 51.5 Å². The molecule has 0 spiro atoms. The Morgan fingerprint density at radius 2 is 1.67 bits per heavy atom. The lowest BCUT2D eigenvalue weighted by atomic mass is 9.96. The molecule has 1 N–H and O–H groups in total. The van der Waals surface area contributed by atoms with Crippen molar-refractivity contribution in [3.05, 3.63) is 101 Å². The number of anilines is 1. The average molecular weight is 553 g/mol. The molecule has 0 unspecified atom stereocenters. The third-order valence-corrected chi connectivity index (χ3v) is 7.30. The van der Waals surface area contributed by atoms with Crippen molar-refractivity contribution in [2.75, 3.05) is 19.1 Å². The molecule has 6 nitrogen and oxygen atoms in total. The number of para-hydroxylation sites is 1. The van der Waals surface area contributed by atoms with E-state index in [1.165, 1.54) is 12.1 Å². The molecule has 1 aliphatic heterocycles. The van der Waals surface area contributed by atoms with Gasteiger partial charge in [0.05, 0.1) is 48.9 Å². The molecular weight excluding hydrogens is 525 g/mol. The number of thiocarbonyl (C=S) groups is 1. The number of nitrogens with one attached hydrogen (secondary N) is 1. The first-order valence-corrected chi connectivity index (χ1v) is 12.6. The van der Waals surface area contributed by atoms with Crippen molar-refractivity contribution in [2.24, 2.45) is 0 Å². The minimum atomic E-state index is -4.50. The van der Waals surface area contributed by atoms with E-state index in [9.17, 15) is 13.2 Å². The van der Waals surface area contributed by atoms with Crippen LogP contribution in [0.4, 0.5) is 18.9 Å². The number of aromatic nitrogens is 2. The Labute approximate surface area is 230 Å². The van der Waals surface area contributed by atoms with Crippen LogP contribution in [0.2, 0.25) is 0 Å². The summed E-state index contributed by atoms with van der Waals surface area (Å²) in [6, 6.07) is 17.8. The number of rotatable bonds is 6. The molecule has 1 aliphatic rings. The van der Waals surface area contributed by atoms with Crippen molar-refractivity contribution in [3.63, 3.8) is 0 Å². The van der Waals surface area contributed by atoms with Crippen molar-refractivity contribution in [1.82, 2.24) is 14.9 Å². The molecule has 1 saturated heterocycles. The Kier molecular flexibility index (Phi) is 6.98. The number of hydrogen-bond donors (Lipinski definition) is 1. The molecule has 0 radical (unpaired) electrons. The third kappa shape index (κ3) is 4.69. The van der Waals surface area contributed by atoms with E-state index in [4.69, 9.17) is 21.7 Å². The van der Waals surface area contributed by atoms with Gasteiger partial charge in [0.2, 0.25) is 0 Å². The predicted molar refractivity (Wildman–Crippen MR) is 148 cm³/mol. The molecular formula is C29H27F3N4O2S. The van der Waals surface area contributed by atoms with Crippen molar-refractivity contribution < 1.29 is 22.6 Å². The van der Waals surface area contributed by atoms with Crippen LogP contribution in [0.1, 0.15) is 40.3 Å². The fraction of sp³-hybridized carbons (Fsp3) is 0.241. The second-order valence-electron chi connectivity index (χ2n) is 9.21. The van der Waals surface area contributed by atoms with Crippen LogP contribution in [0.3, 0.4) is 0 Å². The molecule has 5 rings (SSSR count). The first kappa shape index (κ1) is 26.6. The van der Waals surface area contributed by atoms with Crippen molar-refractivity contribution >= 4 is 23.0 Å². The second kappa shape index (κ2) is 10.3. The normalized spacial score (nSPS) is 17.3. The highest BCUT2D eigenvalue weighted by molar-refractivity contribution is 7.80. The van der Waals surface area contributed by atoms with E-state index in [1.807, 2.05) is 48.2 Å². The van der Waals surface area contributed by atoms with Crippen LogP contribution in [0.15, 0.2) is 72.9 Å². The van der Waals surface area contributed by atoms with Gasteiger partial charge in [-0.25, -0.2) is 0 Å². The van der Waals surface area contributed by atoms with E-state index < -0.39 is 17.8 Å². The molecule has 3 heterocycles. The lowest BCUT2D eigenvalue weighted by Crippen LogP contribution is -2.30. The number of benzene rings is 2. The van der Waals surface area contributed by atoms with Crippen molar-refractivity contribution in [2.45, 2.75) is 32.1 Å². The summed E-state index contributed by atoms with van der Waals surface area (Å²) in [5.41, 5.74) is 2.96. The summed E-state index contributed by atoms with van der Waals surface area (Å²) >= 11 is 5.84. The van der Waals surface area contributed by atoms with E-state index in [2.05, 4.69) is 10.3 Å². The third-order valence-electron chi connectivity index (χ3n) is 6.98. The SMILES string of the molecule is COc1ccc(N2C(=S)N[C@H](c3ccccn3)[C@@H]2c2cc(C)n(-c3ccccc3C(F)(F)F)c2C)c(OC)c1. The lowest BCUT2D eigenvalue weighted by molar-refractivity contribution is -0.137. The number of aryl methyl sites for hydroxylation is 1. The van der Waals surface area contributed by atoms with Crippen LogP contribution in [0, 0.1) is 13.8 Å². The van der Waals surface area contributed by atoms with Crippen LogP contribution in [-0.4, -0.2) is 28.9 Å². The predicted octanol–water partition coefficient (Wildman–Crippen LogP) is 6.70. The van der Waals surface area contributed by atoms with E-state index in [1.54, 1.807) is 44.0 Å². The van der Waals surface area contributed by atoms with Crippen molar-refractivity contribution in [1.29, 1.82) is 0 Å². The zero-order valence-corrected chi connectivity index (χ0v) is 22.6. The van der Waals surface area contributed by atoms with Gasteiger partial charge in [-0.15, -0.1) is 0 Å². The van der Waals surface area contributed by atoms with Gasteiger partial charge >= 0.3 is 6.18 Å². The average Bonchev–Trinajstić information content (AvgIpc) is 3.42. The summed E-state index contributed by atoms with van der Waals surface area (Å²) in [5.74, 6) is 1.16. The Balaban J connectivity index is 1.72. The van der Waals surface area contributed by atoms with E-state index in [0.717, 1.165) is 17.3 Å². The first-order chi connectivity index (χ1) is 18.7. The van der Waals surface area contributed by atoms with E-state index in [-0.39, 0.29) is 11.7 Å². The van der Waals surface area contributed by atoms with Crippen molar-refractivity contribution in [3.8, 4) is 17.2 Å². The van der Waals surface area contributed by atoms with Crippen LogP contribution < -0.4 is 19.7 Å². The minimum absolute atomic E-state index is 0.0720. The van der Waals surface area contributed by atoms with Gasteiger partial charge in [-0.3, -0.25) is 4.98 Å². The number of hydrogen-bond acceptors (Lipinski definition) is 4. The molecule has 0 saturated carbocycles. The maximum absolute atomic E-state index is 14.0.